The summed E-state index contributed by atoms with van der Waals surface area (Å²) in [5.41, 5.74) is 3.85. The molecule has 0 saturated heterocycles. The Balaban J connectivity index is 1.85. The lowest BCUT2D eigenvalue weighted by molar-refractivity contribution is -0.127. The third-order valence-corrected chi connectivity index (χ3v) is 5.06. The van der Waals surface area contributed by atoms with Gasteiger partial charge < -0.3 is 10.1 Å². The lowest BCUT2D eigenvalue weighted by Crippen LogP contribution is -2.47. The molecule has 0 fully saturated rings. The number of ketones is 1. The van der Waals surface area contributed by atoms with Gasteiger partial charge in [-0.1, -0.05) is 13.0 Å². The van der Waals surface area contributed by atoms with Crippen LogP contribution in [-0.2, 0) is 9.59 Å². The fourth-order valence-electron chi connectivity index (χ4n) is 3.28. The fraction of sp³-hybridized carbons (Fsp3) is 0.348. The van der Waals surface area contributed by atoms with Crippen LogP contribution < -0.4 is 15.0 Å². The number of nitrogens with zero attached hydrogens (tertiary/aromatic N) is 1. The normalized spacial score (nSPS) is 15.5. The maximum atomic E-state index is 12.7. The van der Waals surface area contributed by atoms with Crippen LogP contribution >= 0.6 is 0 Å². The Bertz CT molecular complexity index is 967. The predicted molar refractivity (Wildman–Crippen MR) is 113 cm³/mol. The molecule has 0 saturated carbocycles. The third kappa shape index (κ3) is 4.47. The van der Waals surface area contributed by atoms with Crippen molar-refractivity contribution in [2.45, 2.75) is 46.6 Å². The number of aryl methyl sites for hydroxylation is 2. The molecule has 0 aliphatic carbocycles. The number of carbonyl (C=O) groups is 3. The monoisotopic (exact) mass is 394 g/mol. The molecule has 0 aromatic heterocycles. The van der Waals surface area contributed by atoms with Crippen LogP contribution in [0.1, 0.15) is 48.2 Å². The Morgan fingerprint density at radius 2 is 1.86 bits per heavy atom. The maximum Gasteiger partial charge on any atom is 0.268 e. The number of ether oxygens (including phenoxy) is 1. The van der Waals surface area contributed by atoms with Crippen molar-refractivity contribution >= 4 is 29.0 Å². The molecule has 0 bridgehead atoms. The summed E-state index contributed by atoms with van der Waals surface area (Å²) in [5.74, 6) is -0.134. The highest BCUT2D eigenvalue weighted by Gasteiger charge is 2.33. The van der Waals surface area contributed by atoms with E-state index in [2.05, 4.69) is 5.32 Å². The zero-order chi connectivity index (χ0) is 21.1. The van der Waals surface area contributed by atoms with Crippen LogP contribution in [0.3, 0.4) is 0 Å². The van der Waals surface area contributed by atoms with E-state index in [1.807, 2.05) is 39.0 Å². The first kappa shape index (κ1) is 20.6. The Kier molecular flexibility index (Phi) is 6.01. The van der Waals surface area contributed by atoms with Gasteiger partial charge in [-0.25, -0.2) is 0 Å². The van der Waals surface area contributed by atoms with Crippen LogP contribution in [0.5, 0.6) is 5.75 Å². The second-order valence-corrected chi connectivity index (χ2v) is 7.39. The van der Waals surface area contributed by atoms with Gasteiger partial charge in [-0.3, -0.25) is 19.3 Å². The first-order valence-electron chi connectivity index (χ1n) is 9.82. The first-order chi connectivity index (χ1) is 13.8. The smallest absolute Gasteiger partial charge is 0.268 e. The number of benzene rings is 2. The van der Waals surface area contributed by atoms with Crippen molar-refractivity contribution in [3.63, 3.8) is 0 Å². The van der Waals surface area contributed by atoms with Crippen LogP contribution in [0.2, 0.25) is 0 Å². The number of fused-ring (bicyclic) bond motifs is 1. The van der Waals surface area contributed by atoms with E-state index >= 15 is 0 Å². The van der Waals surface area contributed by atoms with Crippen molar-refractivity contribution in [1.82, 2.24) is 0 Å². The SMILES string of the molecule is CCCC(=O)c1ccc2c(c1)N(CC(=O)Nc1ccc(C)c(C)c1)C(=O)C(C)O2. The lowest BCUT2D eigenvalue weighted by Gasteiger charge is -2.32. The van der Waals surface area contributed by atoms with Crippen LogP contribution in [0, 0.1) is 13.8 Å². The van der Waals surface area contributed by atoms with Gasteiger partial charge in [0.15, 0.2) is 11.9 Å². The minimum atomic E-state index is -0.700. The van der Waals surface area contributed by atoms with Gasteiger partial charge >= 0.3 is 0 Å². The molecule has 29 heavy (non-hydrogen) atoms. The molecule has 0 radical (unpaired) electrons. The van der Waals surface area contributed by atoms with E-state index in [0.29, 0.717) is 29.1 Å². The second kappa shape index (κ2) is 8.47. The molecule has 2 amide bonds. The summed E-state index contributed by atoms with van der Waals surface area (Å²) in [4.78, 5) is 39.0. The molecule has 1 aliphatic rings. The van der Waals surface area contributed by atoms with Gasteiger partial charge in [-0.05, 0) is 68.7 Å². The standard InChI is InChI=1S/C23H26N2O4/c1-5-6-20(26)17-8-10-21-19(12-17)25(23(28)16(4)29-21)13-22(27)24-18-9-7-14(2)15(3)11-18/h7-12,16H,5-6,13H2,1-4H3,(H,24,27). The molecular weight excluding hydrogens is 368 g/mol. The topological polar surface area (TPSA) is 75.7 Å². The number of rotatable bonds is 6. The number of carbonyl (C=O) groups excluding carboxylic acids is 3. The minimum absolute atomic E-state index is 0.000836. The van der Waals surface area contributed by atoms with Crippen molar-refractivity contribution in [3.8, 4) is 5.75 Å². The summed E-state index contributed by atoms with van der Waals surface area (Å²) in [6.45, 7) is 7.41. The van der Waals surface area contributed by atoms with Gasteiger partial charge in [0.25, 0.3) is 5.91 Å². The van der Waals surface area contributed by atoms with Crippen molar-refractivity contribution < 1.29 is 19.1 Å². The molecule has 1 atom stereocenters. The summed E-state index contributed by atoms with van der Waals surface area (Å²) in [5, 5.41) is 2.84. The number of hydrogen-bond donors (Lipinski definition) is 1. The summed E-state index contributed by atoms with van der Waals surface area (Å²) in [6, 6.07) is 10.7. The highest BCUT2D eigenvalue weighted by atomic mass is 16.5. The van der Waals surface area contributed by atoms with E-state index in [1.165, 1.54) is 4.90 Å². The molecule has 152 valence electrons. The molecule has 1 unspecified atom stereocenters. The molecule has 1 heterocycles. The molecule has 2 aromatic rings. The number of anilines is 2. The van der Waals surface area contributed by atoms with Crippen LogP contribution in [-0.4, -0.2) is 30.2 Å². The quantitative estimate of drug-likeness (QED) is 0.751. The van der Waals surface area contributed by atoms with E-state index in [1.54, 1.807) is 25.1 Å². The number of Topliss-reactive ketones (excluding diaryl/α,β-unsaturated/α-hetero) is 1. The van der Waals surface area contributed by atoms with Gasteiger partial charge in [-0.2, -0.15) is 0 Å². The van der Waals surface area contributed by atoms with Crippen molar-refractivity contribution in [3.05, 3.63) is 53.1 Å². The zero-order valence-electron chi connectivity index (χ0n) is 17.2. The van der Waals surface area contributed by atoms with E-state index < -0.39 is 6.10 Å². The van der Waals surface area contributed by atoms with Gasteiger partial charge in [0.05, 0.1) is 5.69 Å². The Morgan fingerprint density at radius 1 is 1.10 bits per heavy atom. The summed E-state index contributed by atoms with van der Waals surface area (Å²) < 4.78 is 5.66. The van der Waals surface area contributed by atoms with Gasteiger partial charge in [0.2, 0.25) is 5.91 Å². The van der Waals surface area contributed by atoms with Crippen molar-refractivity contribution in [1.29, 1.82) is 0 Å². The Labute approximate surface area is 170 Å². The van der Waals surface area contributed by atoms with E-state index in [-0.39, 0.29) is 24.1 Å². The van der Waals surface area contributed by atoms with Crippen LogP contribution in [0.4, 0.5) is 11.4 Å². The third-order valence-electron chi connectivity index (χ3n) is 5.06. The van der Waals surface area contributed by atoms with E-state index in [4.69, 9.17) is 4.74 Å². The number of amides is 2. The molecule has 0 spiro atoms. The predicted octanol–water partition coefficient (Wildman–Crippen LogP) is 4.04. The Morgan fingerprint density at radius 3 is 2.55 bits per heavy atom. The first-order valence-corrected chi connectivity index (χ1v) is 9.82. The summed E-state index contributed by atoms with van der Waals surface area (Å²) in [7, 11) is 0. The minimum Gasteiger partial charge on any atom is -0.479 e. The lowest BCUT2D eigenvalue weighted by atomic mass is 10.0. The highest BCUT2D eigenvalue weighted by Crippen LogP contribution is 2.35. The van der Waals surface area contributed by atoms with Crippen LogP contribution in [0.15, 0.2) is 36.4 Å². The van der Waals surface area contributed by atoms with Crippen LogP contribution in [0.25, 0.3) is 0 Å². The van der Waals surface area contributed by atoms with Gasteiger partial charge in [0.1, 0.15) is 12.3 Å². The average Bonchev–Trinajstić information content (AvgIpc) is 2.68. The molecule has 3 rings (SSSR count). The molecule has 1 N–H and O–H groups in total. The van der Waals surface area contributed by atoms with Crippen molar-refractivity contribution in [2.24, 2.45) is 0 Å². The molecule has 1 aliphatic heterocycles. The molecular formula is C23H26N2O4. The van der Waals surface area contributed by atoms with Gasteiger partial charge in [-0.15, -0.1) is 0 Å². The number of hydrogen-bond acceptors (Lipinski definition) is 4. The summed E-state index contributed by atoms with van der Waals surface area (Å²) >= 11 is 0. The highest BCUT2D eigenvalue weighted by molar-refractivity contribution is 6.07. The van der Waals surface area contributed by atoms with E-state index in [9.17, 15) is 14.4 Å². The molecule has 6 heteroatoms. The fourth-order valence-corrected chi connectivity index (χ4v) is 3.28. The van der Waals surface area contributed by atoms with Gasteiger partial charge in [0, 0.05) is 17.7 Å². The summed E-state index contributed by atoms with van der Waals surface area (Å²) in [6.07, 6.45) is 0.468. The average molecular weight is 394 g/mol. The maximum absolute atomic E-state index is 12.7. The Hall–Kier alpha value is -3.15. The molecule has 2 aromatic carbocycles. The zero-order valence-corrected chi connectivity index (χ0v) is 17.2. The number of nitrogens with one attached hydrogen (secondary N) is 1. The van der Waals surface area contributed by atoms with Crippen molar-refractivity contribution in [2.75, 3.05) is 16.8 Å². The largest absolute Gasteiger partial charge is 0.479 e. The molecule has 6 nitrogen and oxygen atoms in total. The second-order valence-electron chi connectivity index (χ2n) is 7.39. The van der Waals surface area contributed by atoms with E-state index in [0.717, 1.165) is 17.5 Å².